The quantitative estimate of drug-likeness (QED) is 0.456. The Morgan fingerprint density at radius 3 is 2.58 bits per heavy atom. The number of para-hydroxylation sites is 1. The Morgan fingerprint density at radius 1 is 1.13 bits per heavy atom. The van der Waals surface area contributed by atoms with Crippen LogP contribution in [0.3, 0.4) is 0 Å². The number of amides is 1. The van der Waals surface area contributed by atoms with Gasteiger partial charge in [0, 0.05) is 32.2 Å². The van der Waals surface area contributed by atoms with Crippen LogP contribution < -0.4 is 10.4 Å². The molecule has 8 nitrogen and oxygen atoms in total. The molecule has 1 amide bonds. The van der Waals surface area contributed by atoms with Crippen LogP contribution in [0.15, 0.2) is 57.7 Å². The zero-order valence-electron chi connectivity index (χ0n) is 17.6. The highest BCUT2D eigenvalue weighted by molar-refractivity contribution is 6.06. The number of benzene rings is 2. The fraction of sp³-hybridized carbons (Fsp3) is 0.261. The Balaban J connectivity index is 1.78. The number of fused-ring (bicyclic) bond motifs is 3. The molecular weight excluding hydrogens is 398 g/mol. The summed E-state index contributed by atoms with van der Waals surface area (Å²) >= 11 is 0. The minimum Gasteiger partial charge on any atom is -0.484 e. The fourth-order valence-electron chi connectivity index (χ4n) is 3.33. The van der Waals surface area contributed by atoms with Crippen molar-refractivity contribution in [3.05, 3.63) is 59.0 Å². The molecule has 0 saturated heterocycles. The SMILES string of the molecule is COCCn1c(=O)nc(-c2ccc(OCC(=O)N(C)C)cc2)c2oc3ccccc3c21. The van der Waals surface area contributed by atoms with Crippen LogP contribution in [0.4, 0.5) is 0 Å². The van der Waals surface area contributed by atoms with Crippen LogP contribution in [0.5, 0.6) is 5.75 Å². The molecule has 4 aromatic rings. The second-order valence-corrected chi connectivity index (χ2v) is 7.26. The van der Waals surface area contributed by atoms with Crippen LogP contribution in [0.1, 0.15) is 0 Å². The molecule has 4 rings (SSSR count). The van der Waals surface area contributed by atoms with Crippen LogP contribution in [-0.2, 0) is 16.1 Å². The minimum absolute atomic E-state index is 0.0477. The first-order valence-electron chi connectivity index (χ1n) is 9.84. The van der Waals surface area contributed by atoms with Gasteiger partial charge in [0.15, 0.2) is 12.2 Å². The molecule has 160 valence electrons. The van der Waals surface area contributed by atoms with E-state index in [1.807, 2.05) is 24.3 Å². The first-order chi connectivity index (χ1) is 15.0. The Hall–Kier alpha value is -3.65. The molecule has 2 aromatic carbocycles. The van der Waals surface area contributed by atoms with Crippen molar-refractivity contribution < 1.29 is 18.7 Å². The van der Waals surface area contributed by atoms with Gasteiger partial charge in [-0.2, -0.15) is 4.98 Å². The van der Waals surface area contributed by atoms with Crippen molar-refractivity contribution in [2.75, 3.05) is 34.4 Å². The summed E-state index contributed by atoms with van der Waals surface area (Å²) in [6.07, 6.45) is 0. The van der Waals surface area contributed by atoms with Gasteiger partial charge in [-0.25, -0.2) is 4.79 Å². The molecule has 0 unspecified atom stereocenters. The molecule has 0 radical (unpaired) electrons. The monoisotopic (exact) mass is 421 g/mol. The molecule has 0 fully saturated rings. The minimum atomic E-state index is -0.372. The van der Waals surface area contributed by atoms with Gasteiger partial charge in [0.25, 0.3) is 5.91 Å². The largest absolute Gasteiger partial charge is 0.484 e. The standard InChI is InChI=1S/C23H23N3O5/c1-25(2)19(27)14-30-16-10-8-15(9-11-16)20-22-21(17-6-4-5-7-18(17)31-22)26(12-13-29-3)23(28)24-20/h4-11H,12-14H2,1-3H3. The van der Waals surface area contributed by atoms with E-state index >= 15 is 0 Å². The first-order valence-corrected chi connectivity index (χ1v) is 9.84. The summed E-state index contributed by atoms with van der Waals surface area (Å²) in [5.74, 6) is 0.419. The van der Waals surface area contributed by atoms with Crippen molar-refractivity contribution in [3.63, 3.8) is 0 Å². The molecule has 0 bridgehead atoms. The van der Waals surface area contributed by atoms with E-state index in [0.29, 0.717) is 46.8 Å². The molecule has 0 aliphatic rings. The third kappa shape index (κ3) is 4.02. The second-order valence-electron chi connectivity index (χ2n) is 7.26. The normalized spacial score (nSPS) is 11.2. The Kier molecular flexibility index (Phi) is 5.73. The van der Waals surface area contributed by atoms with Crippen molar-refractivity contribution in [2.24, 2.45) is 0 Å². The maximum Gasteiger partial charge on any atom is 0.348 e. The van der Waals surface area contributed by atoms with Crippen LogP contribution >= 0.6 is 0 Å². The molecule has 0 aliphatic carbocycles. The topological polar surface area (TPSA) is 86.8 Å². The van der Waals surface area contributed by atoms with E-state index in [9.17, 15) is 9.59 Å². The highest BCUT2D eigenvalue weighted by Gasteiger charge is 2.19. The number of ether oxygens (including phenoxy) is 2. The highest BCUT2D eigenvalue weighted by atomic mass is 16.5. The van der Waals surface area contributed by atoms with Gasteiger partial charge in [0.1, 0.15) is 22.5 Å². The van der Waals surface area contributed by atoms with Crippen molar-refractivity contribution in [3.8, 4) is 17.0 Å². The van der Waals surface area contributed by atoms with Gasteiger partial charge in [0.05, 0.1) is 13.2 Å². The zero-order chi connectivity index (χ0) is 22.0. The van der Waals surface area contributed by atoms with E-state index in [0.717, 1.165) is 5.39 Å². The number of rotatable bonds is 7. The molecule has 0 aliphatic heterocycles. The summed E-state index contributed by atoms with van der Waals surface area (Å²) in [5.41, 5.74) is 2.71. The maximum absolute atomic E-state index is 12.9. The maximum atomic E-state index is 12.9. The fourth-order valence-corrected chi connectivity index (χ4v) is 3.33. The molecule has 0 atom stereocenters. The highest BCUT2D eigenvalue weighted by Crippen LogP contribution is 2.34. The predicted molar refractivity (Wildman–Crippen MR) is 117 cm³/mol. The number of nitrogens with zero attached hydrogens (tertiary/aromatic N) is 3. The lowest BCUT2D eigenvalue weighted by molar-refractivity contribution is -0.130. The number of furan rings is 1. The van der Waals surface area contributed by atoms with E-state index in [1.54, 1.807) is 50.0 Å². The average Bonchev–Trinajstić information content (AvgIpc) is 3.16. The van der Waals surface area contributed by atoms with Gasteiger partial charge in [-0.05, 0) is 36.4 Å². The lowest BCUT2D eigenvalue weighted by atomic mass is 10.1. The summed E-state index contributed by atoms with van der Waals surface area (Å²) < 4.78 is 18.4. The van der Waals surface area contributed by atoms with Gasteiger partial charge < -0.3 is 18.8 Å². The number of hydrogen-bond donors (Lipinski definition) is 0. The summed E-state index contributed by atoms with van der Waals surface area (Å²) in [5, 5.41) is 0.844. The van der Waals surface area contributed by atoms with Gasteiger partial charge in [0.2, 0.25) is 0 Å². The summed E-state index contributed by atoms with van der Waals surface area (Å²) in [4.78, 5) is 30.4. The van der Waals surface area contributed by atoms with Crippen LogP contribution in [0.25, 0.3) is 33.3 Å². The number of carbonyl (C=O) groups excluding carboxylic acids is 1. The van der Waals surface area contributed by atoms with Crippen molar-refractivity contribution >= 4 is 28.0 Å². The lowest BCUT2D eigenvalue weighted by Crippen LogP contribution is -2.27. The van der Waals surface area contributed by atoms with E-state index < -0.39 is 0 Å². The van der Waals surface area contributed by atoms with Crippen LogP contribution in [-0.4, -0.2) is 54.8 Å². The molecule has 8 heteroatoms. The lowest BCUT2D eigenvalue weighted by Gasteiger charge is -2.12. The van der Waals surface area contributed by atoms with Crippen molar-refractivity contribution in [2.45, 2.75) is 6.54 Å². The average molecular weight is 421 g/mol. The van der Waals surface area contributed by atoms with Gasteiger partial charge >= 0.3 is 5.69 Å². The number of aromatic nitrogens is 2. The molecule has 0 saturated carbocycles. The van der Waals surface area contributed by atoms with Crippen molar-refractivity contribution in [1.29, 1.82) is 0 Å². The zero-order valence-corrected chi connectivity index (χ0v) is 17.6. The molecule has 0 N–H and O–H groups in total. The summed E-state index contributed by atoms with van der Waals surface area (Å²) in [7, 11) is 4.94. The summed E-state index contributed by atoms with van der Waals surface area (Å²) in [6, 6.07) is 14.7. The summed E-state index contributed by atoms with van der Waals surface area (Å²) in [6.45, 7) is 0.705. The molecule has 0 spiro atoms. The van der Waals surface area contributed by atoms with Crippen LogP contribution in [0.2, 0.25) is 0 Å². The van der Waals surface area contributed by atoms with E-state index in [2.05, 4.69) is 4.98 Å². The van der Waals surface area contributed by atoms with Gasteiger partial charge in [-0.15, -0.1) is 0 Å². The van der Waals surface area contributed by atoms with E-state index in [4.69, 9.17) is 13.9 Å². The van der Waals surface area contributed by atoms with Gasteiger partial charge in [-0.1, -0.05) is 12.1 Å². The Bertz CT molecular complexity index is 1290. The Labute approximate surface area is 178 Å². The first kappa shape index (κ1) is 20.6. The molecular formula is C23H23N3O5. The number of carbonyl (C=O) groups is 1. The second kappa shape index (κ2) is 8.61. The Morgan fingerprint density at radius 2 is 1.87 bits per heavy atom. The third-order valence-electron chi connectivity index (χ3n) is 5.00. The number of methoxy groups -OCH3 is 1. The molecule has 2 heterocycles. The number of hydrogen-bond acceptors (Lipinski definition) is 6. The third-order valence-corrected chi connectivity index (χ3v) is 5.00. The smallest absolute Gasteiger partial charge is 0.348 e. The predicted octanol–water partition coefficient (Wildman–Crippen LogP) is 2.92. The van der Waals surface area contributed by atoms with Crippen molar-refractivity contribution in [1.82, 2.24) is 14.5 Å². The van der Waals surface area contributed by atoms with E-state index in [1.165, 1.54) is 4.90 Å². The molecule has 31 heavy (non-hydrogen) atoms. The van der Waals surface area contributed by atoms with E-state index in [-0.39, 0.29) is 18.2 Å². The number of likely N-dealkylation sites (N-methyl/N-ethyl adjacent to an activating group) is 1. The van der Waals surface area contributed by atoms with Crippen LogP contribution in [0, 0.1) is 0 Å². The van der Waals surface area contributed by atoms with Gasteiger partial charge in [-0.3, -0.25) is 9.36 Å². The molecule has 2 aromatic heterocycles.